The quantitative estimate of drug-likeness (QED) is 0.402. The first kappa shape index (κ1) is 12.1. The molecule has 0 unspecified atom stereocenters. The van der Waals surface area contributed by atoms with Crippen molar-refractivity contribution in [3.8, 4) is 0 Å². The number of aliphatic hydroxyl groups is 1. The minimum Gasteiger partial charge on any atom is -0.514 e. The predicted octanol–water partition coefficient (Wildman–Crippen LogP) is 3.11. The van der Waals surface area contributed by atoms with Crippen LogP contribution < -0.4 is 0 Å². The molecule has 0 radical (unpaired) electrons. The molecule has 1 rings (SSSR count). The summed E-state index contributed by atoms with van der Waals surface area (Å²) in [5, 5.41) is 8.88. The van der Waals surface area contributed by atoms with E-state index in [1.165, 1.54) is 7.11 Å². The number of carbonyl (C=O) groups is 1. The second-order valence-electron chi connectivity index (χ2n) is 2.52. The van der Waals surface area contributed by atoms with Crippen molar-refractivity contribution in [2.45, 2.75) is 4.90 Å². The van der Waals surface area contributed by atoms with Crippen molar-refractivity contribution in [2.24, 2.45) is 0 Å². The van der Waals surface area contributed by atoms with Crippen molar-refractivity contribution in [1.29, 1.82) is 0 Å². The molecule has 1 N–H and O–H groups in total. The number of thioether (sulfide) groups is 1. The van der Waals surface area contributed by atoms with E-state index in [0.717, 1.165) is 27.4 Å². The Bertz CT molecular complexity index is 390. The molecule has 0 bridgehead atoms. The molecule has 3 nitrogen and oxygen atoms in total. The van der Waals surface area contributed by atoms with E-state index in [1.54, 1.807) is 0 Å². The topological polar surface area (TPSA) is 46.5 Å². The van der Waals surface area contributed by atoms with Gasteiger partial charge in [-0.2, -0.15) is 0 Å². The molecular weight excluding hydrogens is 280 g/mol. The Morgan fingerprint density at radius 2 is 2.20 bits per heavy atom. The van der Waals surface area contributed by atoms with Gasteiger partial charge in [0.15, 0.2) is 0 Å². The summed E-state index contributed by atoms with van der Waals surface area (Å²) in [5.74, 6) is -0.557. The number of halogens is 1. The Kier molecular flexibility index (Phi) is 4.71. The van der Waals surface area contributed by atoms with Crippen LogP contribution in [0.1, 0.15) is 0 Å². The van der Waals surface area contributed by atoms with Gasteiger partial charge in [0.05, 0.1) is 7.11 Å². The molecule has 0 aromatic heterocycles. The highest BCUT2D eigenvalue weighted by molar-refractivity contribution is 9.10. The lowest BCUT2D eigenvalue weighted by atomic mass is 10.4. The van der Waals surface area contributed by atoms with Gasteiger partial charge in [-0.25, -0.2) is 4.79 Å². The summed E-state index contributed by atoms with van der Waals surface area (Å²) < 4.78 is 5.37. The molecule has 5 heteroatoms. The van der Waals surface area contributed by atoms with Crippen LogP contribution in [-0.4, -0.2) is 18.2 Å². The predicted molar refractivity (Wildman–Crippen MR) is 62.7 cm³/mol. The molecule has 0 aliphatic carbocycles. The molecule has 0 saturated heterocycles. The Morgan fingerprint density at radius 1 is 1.53 bits per heavy atom. The summed E-state index contributed by atoms with van der Waals surface area (Å²) in [6, 6.07) is 7.41. The molecule has 0 aliphatic rings. The van der Waals surface area contributed by atoms with E-state index in [4.69, 9.17) is 5.11 Å². The lowest BCUT2D eigenvalue weighted by Crippen LogP contribution is -2.01. The molecule has 0 atom stereocenters. The SMILES string of the molecule is COC(=O)C(=CO)Sc1ccccc1Br. The number of methoxy groups -OCH3 is 1. The van der Waals surface area contributed by atoms with Crippen molar-refractivity contribution in [2.75, 3.05) is 7.11 Å². The molecule has 0 aliphatic heterocycles. The summed E-state index contributed by atoms with van der Waals surface area (Å²) in [6.07, 6.45) is 0.746. The number of esters is 1. The van der Waals surface area contributed by atoms with Gasteiger partial charge >= 0.3 is 5.97 Å². The molecule has 0 spiro atoms. The second-order valence-corrected chi connectivity index (χ2v) is 4.46. The molecule has 1 aromatic carbocycles. The number of aliphatic hydroxyl groups excluding tert-OH is 1. The van der Waals surface area contributed by atoms with Gasteiger partial charge in [-0.1, -0.05) is 23.9 Å². The fourth-order valence-electron chi connectivity index (χ4n) is 0.867. The zero-order valence-corrected chi connectivity index (χ0v) is 10.3. The maximum atomic E-state index is 11.2. The van der Waals surface area contributed by atoms with Gasteiger partial charge in [-0.05, 0) is 28.1 Å². The van der Waals surface area contributed by atoms with Gasteiger partial charge in [0.2, 0.25) is 0 Å². The number of ether oxygens (including phenoxy) is 1. The van der Waals surface area contributed by atoms with Crippen molar-refractivity contribution in [3.63, 3.8) is 0 Å². The van der Waals surface area contributed by atoms with Crippen LogP contribution in [0.4, 0.5) is 0 Å². The summed E-state index contributed by atoms with van der Waals surface area (Å²) >= 11 is 4.48. The van der Waals surface area contributed by atoms with Crippen LogP contribution in [0, 0.1) is 0 Å². The van der Waals surface area contributed by atoms with Crippen LogP contribution >= 0.6 is 27.7 Å². The monoisotopic (exact) mass is 288 g/mol. The van der Waals surface area contributed by atoms with Gasteiger partial charge in [0.25, 0.3) is 0 Å². The number of hydrogen-bond donors (Lipinski definition) is 1. The third-order valence-electron chi connectivity index (χ3n) is 1.56. The minimum atomic E-state index is -0.557. The second kappa shape index (κ2) is 5.82. The average molecular weight is 289 g/mol. The van der Waals surface area contributed by atoms with E-state index in [-0.39, 0.29) is 4.91 Å². The summed E-state index contributed by atoms with van der Waals surface area (Å²) in [7, 11) is 1.27. The average Bonchev–Trinajstić information content (AvgIpc) is 2.27. The van der Waals surface area contributed by atoms with Gasteiger partial charge < -0.3 is 9.84 Å². The van der Waals surface area contributed by atoms with Gasteiger partial charge in [-0.15, -0.1) is 0 Å². The lowest BCUT2D eigenvalue weighted by Gasteiger charge is -2.05. The fraction of sp³-hybridized carbons (Fsp3) is 0.100. The van der Waals surface area contributed by atoms with Crippen molar-refractivity contribution >= 4 is 33.7 Å². The lowest BCUT2D eigenvalue weighted by molar-refractivity contribution is -0.135. The van der Waals surface area contributed by atoms with Crippen LogP contribution in [0.15, 0.2) is 44.8 Å². The number of hydrogen-bond acceptors (Lipinski definition) is 4. The molecular formula is C10H9BrO3S. The first-order valence-corrected chi connectivity index (χ1v) is 5.65. The Hall–Kier alpha value is -0.940. The Morgan fingerprint density at radius 3 is 2.73 bits per heavy atom. The van der Waals surface area contributed by atoms with E-state index in [2.05, 4.69) is 20.7 Å². The van der Waals surface area contributed by atoms with E-state index in [9.17, 15) is 4.79 Å². The van der Waals surface area contributed by atoms with E-state index in [1.807, 2.05) is 24.3 Å². The highest BCUT2D eigenvalue weighted by Crippen LogP contribution is 2.32. The largest absolute Gasteiger partial charge is 0.514 e. The molecule has 80 valence electrons. The number of benzene rings is 1. The van der Waals surface area contributed by atoms with Crippen molar-refractivity contribution in [1.82, 2.24) is 0 Å². The van der Waals surface area contributed by atoms with E-state index >= 15 is 0 Å². The summed E-state index contributed by atoms with van der Waals surface area (Å²) in [4.78, 5) is 12.2. The van der Waals surface area contributed by atoms with Gasteiger partial charge in [0, 0.05) is 9.37 Å². The molecule has 15 heavy (non-hydrogen) atoms. The molecule has 0 heterocycles. The first-order valence-electron chi connectivity index (χ1n) is 4.04. The van der Waals surface area contributed by atoms with Crippen LogP contribution in [0.2, 0.25) is 0 Å². The van der Waals surface area contributed by atoms with Gasteiger partial charge in [-0.3, -0.25) is 0 Å². The van der Waals surface area contributed by atoms with Crippen LogP contribution in [-0.2, 0) is 9.53 Å². The highest BCUT2D eigenvalue weighted by atomic mass is 79.9. The van der Waals surface area contributed by atoms with Crippen molar-refractivity contribution < 1.29 is 14.6 Å². The normalized spacial score (nSPS) is 11.2. The molecule has 1 aromatic rings. The summed E-state index contributed by atoms with van der Waals surface area (Å²) in [5.41, 5.74) is 0. The third-order valence-corrected chi connectivity index (χ3v) is 3.58. The highest BCUT2D eigenvalue weighted by Gasteiger charge is 2.12. The van der Waals surface area contributed by atoms with Crippen LogP contribution in [0.25, 0.3) is 0 Å². The standard InChI is InChI=1S/C10H9BrO3S/c1-14-10(13)9(6-12)15-8-5-3-2-4-7(8)11/h2-6,12H,1H3. The summed E-state index contributed by atoms with van der Waals surface area (Å²) in [6.45, 7) is 0. The maximum Gasteiger partial charge on any atom is 0.347 e. The third kappa shape index (κ3) is 3.28. The zero-order valence-electron chi connectivity index (χ0n) is 7.94. The van der Waals surface area contributed by atoms with E-state index in [0.29, 0.717) is 0 Å². The molecule has 0 saturated carbocycles. The molecule has 0 amide bonds. The Labute approximate surface area is 100 Å². The molecule has 0 fully saturated rings. The first-order chi connectivity index (χ1) is 7.19. The zero-order chi connectivity index (χ0) is 11.3. The smallest absolute Gasteiger partial charge is 0.347 e. The maximum absolute atomic E-state index is 11.2. The van der Waals surface area contributed by atoms with Crippen LogP contribution in [0.5, 0.6) is 0 Å². The number of rotatable bonds is 3. The van der Waals surface area contributed by atoms with Crippen molar-refractivity contribution in [3.05, 3.63) is 39.9 Å². The van der Waals surface area contributed by atoms with E-state index < -0.39 is 5.97 Å². The minimum absolute atomic E-state index is 0.143. The fourth-order valence-corrected chi connectivity index (χ4v) is 2.16. The Balaban J connectivity index is 2.86. The number of carbonyl (C=O) groups excluding carboxylic acids is 1. The van der Waals surface area contributed by atoms with Gasteiger partial charge in [0.1, 0.15) is 11.2 Å². The van der Waals surface area contributed by atoms with Crippen LogP contribution in [0.3, 0.4) is 0 Å².